The molecule has 1 amide bonds. The van der Waals surface area contributed by atoms with Crippen molar-refractivity contribution >= 4 is 11.7 Å². The van der Waals surface area contributed by atoms with Gasteiger partial charge in [-0.1, -0.05) is 0 Å². The topological polar surface area (TPSA) is 65.4 Å². The van der Waals surface area contributed by atoms with Gasteiger partial charge in [-0.3, -0.25) is 9.48 Å². The van der Waals surface area contributed by atoms with Gasteiger partial charge < -0.3 is 14.8 Å². The first-order valence-electron chi connectivity index (χ1n) is 7.68. The number of ether oxygens (including phenoxy) is 2. The highest BCUT2D eigenvalue weighted by Gasteiger charge is 2.33. The highest BCUT2D eigenvalue weighted by molar-refractivity contribution is 6.04. The van der Waals surface area contributed by atoms with Crippen LogP contribution in [0.1, 0.15) is 36.7 Å². The molecule has 0 atom stereocenters. The fraction of sp³-hybridized carbons (Fsp3) is 0.412. The third-order valence-electron chi connectivity index (χ3n) is 3.67. The zero-order valence-corrected chi connectivity index (χ0v) is 13.8. The number of amides is 1. The number of nitrogens with zero attached hydrogens (tertiary/aromatic N) is 2. The van der Waals surface area contributed by atoms with Crippen molar-refractivity contribution in [1.29, 1.82) is 0 Å². The van der Waals surface area contributed by atoms with E-state index in [4.69, 9.17) is 9.47 Å². The number of fused-ring (bicyclic) bond motifs is 1. The van der Waals surface area contributed by atoms with E-state index in [1.165, 1.54) is 0 Å². The lowest BCUT2D eigenvalue weighted by Crippen LogP contribution is -2.24. The largest absolute Gasteiger partial charge is 0.493 e. The highest BCUT2D eigenvalue weighted by atomic mass is 16.5. The van der Waals surface area contributed by atoms with Crippen LogP contribution in [0.2, 0.25) is 0 Å². The van der Waals surface area contributed by atoms with Gasteiger partial charge in [-0.2, -0.15) is 5.10 Å². The van der Waals surface area contributed by atoms with E-state index < -0.39 is 0 Å². The summed E-state index contributed by atoms with van der Waals surface area (Å²) in [5, 5.41) is 6.93. The van der Waals surface area contributed by atoms with Crippen molar-refractivity contribution in [2.75, 3.05) is 11.9 Å². The van der Waals surface area contributed by atoms with E-state index in [9.17, 15) is 4.79 Å². The molecule has 1 aromatic carbocycles. The molecule has 0 radical (unpaired) electrons. The van der Waals surface area contributed by atoms with Crippen molar-refractivity contribution in [3.05, 3.63) is 35.5 Å². The predicted molar refractivity (Wildman–Crippen MR) is 87.2 cm³/mol. The molecule has 2 aromatic rings. The van der Waals surface area contributed by atoms with E-state index in [1.54, 1.807) is 36.1 Å². The van der Waals surface area contributed by atoms with Gasteiger partial charge in [0.1, 0.15) is 17.1 Å². The van der Waals surface area contributed by atoms with Gasteiger partial charge in [0, 0.05) is 36.9 Å². The standard InChI is InChI=1S/C17H21N3O3/c1-5-22-13-8-11(9-14-12(13)10-17(2,3)23-14)16(21)18-15-6-7-20(4)19-15/h6-9H,5,10H2,1-4H3,(H,18,19,21). The maximum atomic E-state index is 12.5. The Morgan fingerprint density at radius 2 is 2.26 bits per heavy atom. The van der Waals surface area contributed by atoms with Crippen LogP contribution in [0, 0.1) is 0 Å². The molecule has 23 heavy (non-hydrogen) atoms. The Kier molecular flexibility index (Phi) is 3.75. The summed E-state index contributed by atoms with van der Waals surface area (Å²) in [4.78, 5) is 12.5. The number of nitrogens with one attached hydrogen (secondary N) is 1. The Morgan fingerprint density at radius 1 is 1.48 bits per heavy atom. The second-order valence-corrected chi connectivity index (χ2v) is 6.25. The van der Waals surface area contributed by atoms with Crippen LogP contribution >= 0.6 is 0 Å². The van der Waals surface area contributed by atoms with Crippen molar-refractivity contribution in [2.24, 2.45) is 7.05 Å². The average molecular weight is 315 g/mol. The molecule has 1 aliphatic heterocycles. The summed E-state index contributed by atoms with van der Waals surface area (Å²) in [6, 6.07) is 5.28. The first kappa shape index (κ1) is 15.4. The Balaban J connectivity index is 1.91. The molecule has 0 unspecified atom stereocenters. The number of carbonyl (C=O) groups excluding carboxylic acids is 1. The van der Waals surface area contributed by atoms with Gasteiger partial charge in [-0.05, 0) is 32.9 Å². The summed E-state index contributed by atoms with van der Waals surface area (Å²) in [6.45, 7) is 6.51. The normalized spacial score (nSPS) is 15.0. The van der Waals surface area contributed by atoms with Crippen molar-refractivity contribution in [2.45, 2.75) is 32.8 Å². The molecule has 0 bridgehead atoms. The van der Waals surface area contributed by atoms with E-state index in [2.05, 4.69) is 10.4 Å². The number of rotatable bonds is 4. The molecule has 1 aliphatic rings. The lowest BCUT2D eigenvalue weighted by Gasteiger charge is -2.16. The van der Waals surface area contributed by atoms with Gasteiger partial charge in [0.05, 0.1) is 6.61 Å². The molecule has 0 saturated carbocycles. The molecule has 6 heteroatoms. The minimum atomic E-state index is -0.287. The molecule has 2 heterocycles. The van der Waals surface area contributed by atoms with Crippen molar-refractivity contribution in [3.63, 3.8) is 0 Å². The molecule has 0 saturated heterocycles. The van der Waals surface area contributed by atoms with Gasteiger partial charge in [-0.25, -0.2) is 0 Å². The van der Waals surface area contributed by atoms with Crippen LogP contribution < -0.4 is 14.8 Å². The molecule has 122 valence electrons. The van der Waals surface area contributed by atoms with E-state index in [0.29, 0.717) is 29.5 Å². The van der Waals surface area contributed by atoms with E-state index >= 15 is 0 Å². The molecule has 1 N–H and O–H groups in total. The highest BCUT2D eigenvalue weighted by Crippen LogP contribution is 2.41. The molecule has 0 aliphatic carbocycles. The smallest absolute Gasteiger partial charge is 0.257 e. The Bertz CT molecular complexity index is 750. The first-order valence-corrected chi connectivity index (χ1v) is 7.68. The number of aryl methyl sites for hydroxylation is 1. The summed E-state index contributed by atoms with van der Waals surface area (Å²) in [5.41, 5.74) is 1.23. The van der Waals surface area contributed by atoms with Gasteiger partial charge >= 0.3 is 0 Å². The maximum absolute atomic E-state index is 12.5. The fourth-order valence-electron chi connectivity index (χ4n) is 2.73. The number of hydrogen-bond donors (Lipinski definition) is 1. The Labute approximate surface area is 135 Å². The van der Waals surface area contributed by atoms with Crippen LogP contribution in [0.15, 0.2) is 24.4 Å². The summed E-state index contributed by atoms with van der Waals surface area (Å²) in [7, 11) is 1.80. The van der Waals surface area contributed by atoms with Crippen LogP contribution in [-0.4, -0.2) is 27.9 Å². The first-order chi connectivity index (χ1) is 10.9. The lowest BCUT2D eigenvalue weighted by atomic mass is 9.99. The molecule has 0 spiro atoms. The van der Waals surface area contributed by atoms with Crippen molar-refractivity contribution < 1.29 is 14.3 Å². The van der Waals surface area contributed by atoms with E-state index in [1.807, 2.05) is 20.8 Å². The second-order valence-electron chi connectivity index (χ2n) is 6.25. The average Bonchev–Trinajstić information content (AvgIpc) is 3.00. The zero-order chi connectivity index (χ0) is 16.6. The number of aromatic nitrogens is 2. The summed E-state index contributed by atoms with van der Waals surface area (Å²) < 4.78 is 13.3. The fourth-order valence-corrected chi connectivity index (χ4v) is 2.73. The molecular formula is C17H21N3O3. The minimum absolute atomic E-state index is 0.235. The van der Waals surface area contributed by atoms with Gasteiger partial charge in [0.2, 0.25) is 0 Å². The SMILES string of the molecule is CCOc1cc(C(=O)Nc2ccn(C)n2)cc2c1CC(C)(C)O2. The Morgan fingerprint density at radius 3 is 2.91 bits per heavy atom. The molecular weight excluding hydrogens is 294 g/mol. The summed E-state index contributed by atoms with van der Waals surface area (Å²) >= 11 is 0. The van der Waals surface area contributed by atoms with Gasteiger partial charge in [-0.15, -0.1) is 0 Å². The second kappa shape index (κ2) is 5.61. The van der Waals surface area contributed by atoms with Crippen molar-refractivity contribution in [1.82, 2.24) is 9.78 Å². The minimum Gasteiger partial charge on any atom is -0.493 e. The number of hydrogen-bond acceptors (Lipinski definition) is 4. The van der Waals surface area contributed by atoms with Gasteiger partial charge in [0.25, 0.3) is 5.91 Å². The third kappa shape index (κ3) is 3.16. The van der Waals surface area contributed by atoms with Gasteiger partial charge in [0.15, 0.2) is 5.82 Å². The molecule has 0 fully saturated rings. The van der Waals surface area contributed by atoms with Crippen LogP contribution in [0.4, 0.5) is 5.82 Å². The van der Waals surface area contributed by atoms with Crippen molar-refractivity contribution in [3.8, 4) is 11.5 Å². The lowest BCUT2D eigenvalue weighted by molar-refractivity contribution is 0.102. The predicted octanol–water partition coefficient (Wildman–Crippen LogP) is 2.78. The number of anilines is 1. The maximum Gasteiger partial charge on any atom is 0.257 e. The molecule has 3 rings (SSSR count). The number of benzene rings is 1. The Hall–Kier alpha value is -2.50. The molecule has 1 aromatic heterocycles. The molecule has 6 nitrogen and oxygen atoms in total. The van der Waals surface area contributed by atoms with E-state index in [-0.39, 0.29) is 11.5 Å². The summed E-state index contributed by atoms with van der Waals surface area (Å²) in [5.74, 6) is 1.70. The monoisotopic (exact) mass is 315 g/mol. The number of carbonyl (C=O) groups is 1. The van der Waals surface area contributed by atoms with Crippen LogP contribution in [0.25, 0.3) is 0 Å². The zero-order valence-electron chi connectivity index (χ0n) is 13.8. The van der Waals surface area contributed by atoms with Crippen LogP contribution in [0.5, 0.6) is 11.5 Å². The van der Waals surface area contributed by atoms with Crippen LogP contribution in [-0.2, 0) is 13.5 Å². The van der Waals surface area contributed by atoms with Crippen LogP contribution in [0.3, 0.4) is 0 Å². The third-order valence-corrected chi connectivity index (χ3v) is 3.67. The summed E-state index contributed by atoms with van der Waals surface area (Å²) in [6.07, 6.45) is 2.54. The van der Waals surface area contributed by atoms with E-state index in [0.717, 1.165) is 12.0 Å². The quantitative estimate of drug-likeness (QED) is 0.942.